The summed E-state index contributed by atoms with van der Waals surface area (Å²) in [5, 5.41) is 0. The van der Waals surface area contributed by atoms with Crippen LogP contribution < -0.4 is 10.5 Å². The van der Waals surface area contributed by atoms with Crippen LogP contribution in [0.25, 0.3) is 0 Å². The molecule has 0 aliphatic rings. The van der Waals surface area contributed by atoms with Crippen LogP contribution in [0.2, 0.25) is 0 Å². The highest BCUT2D eigenvalue weighted by Crippen LogP contribution is 2.18. The Morgan fingerprint density at radius 1 is 1.05 bits per heavy atom. The molecule has 0 heterocycles. The summed E-state index contributed by atoms with van der Waals surface area (Å²) in [5.74, 6) is 1.89. The topological polar surface area (TPSA) is 35.2 Å². The van der Waals surface area contributed by atoms with Gasteiger partial charge in [0.1, 0.15) is 5.75 Å². The lowest BCUT2D eigenvalue weighted by molar-refractivity contribution is 0.344. The molecule has 112 valence electrons. The Morgan fingerprint density at radius 3 is 2.43 bits per heavy atom. The molecule has 0 saturated heterocycles. The standard InChI is InChI=1S/C18H23NOS/c1-15(19)7-8-16-9-11-17(12-10-16)20-13-14-21-18-5-3-2-4-6-18/h2-6,9-12,15H,7-8,13-14,19H2,1H3. The van der Waals surface area contributed by atoms with Crippen molar-refractivity contribution >= 4 is 11.8 Å². The van der Waals surface area contributed by atoms with Crippen LogP contribution in [0.4, 0.5) is 0 Å². The molecule has 2 aromatic carbocycles. The van der Waals surface area contributed by atoms with Gasteiger partial charge in [0.2, 0.25) is 0 Å². The van der Waals surface area contributed by atoms with Gasteiger partial charge in [0.05, 0.1) is 6.61 Å². The molecule has 0 bridgehead atoms. The summed E-state index contributed by atoms with van der Waals surface area (Å²) in [5.41, 5.74) is 7.09. The van der Waals surface area contributed by atoms with E-state index in [-0.39, 0.29) is 6.04 Å². The van der Waals surface area contributed by atoms with E-state index in [9.17, 15) is 0 Å². The van der Waals surface area contributed by atoms with Crippen molar-refractivity contribution in [1.29, 1.82) is 0 Å². The Kier molecular flexibility index (Phi) is 6.64. The maximum atomic E-state index is 5.77. The molecular weight excluding hydrogens is 278 g/mol. The average Bonchev–Trinajstić information content (AvgIpc) is 2.52. The molecule has 0 saturated carbocycles. The average molecular weight is 301 g/mol. The summed E-state index contributed by atoms with van der Waals surface area (Å²) in [4.78, 5) is 1.28. The van der Waals surface area contributed by atoms with E-state index in [1.165, 1.54) is 10.5 Å². The van der Waals surface area contributed by atoms with Gasteiger partial charge in [0.25, 0.3) is 0 Å². The number of thioether (sulfide) groups is 1. The summed E-state index contributed by atoms with van der Waals surface area (Å²) >= 11 is 1.82. The first-order valence-electron chi connectivity index (χ1n) is 7.39. The van der Waals surface area contributed by atoms with Crippen molar-refractivity contribution in [2.45, 2.75) is 30.7 Å². The van der Waals surface area contributed by atoms with Crippen molar-refractivity contribution in [3.8, 4) is 5.75 Å². The van der Waals surface area contributed by atoms with E-state index in [0.29, 0.717) is 0 Å². The molecular formula is C18H23NOS. The fourth-order valence-corrected chi connectivity index (χ4v) is 2.73. The molecule has 0 aliphatic carbocycles. The third-order valence-electron chi connectivity index (χ3n) is 3.18. The lowest BCUT2D eigenvalue weighted by Gasteiger charge is -2.08. The third kappa shape index (κ3) is 6.23. The van der Waals surface area contributed by atoms with E-state index in [1.807, 2.05) is 36.9 Å². The van der Waals surface area contributed by atoms with Crippen LogP contribution in [0, 0.1) is 0 Å². The summed E-state index contributed by atoms with van der Waals surface area (Å²) in [7, 11) is 0. The SMILES string of the molecule is CC(N)CCc1ccc(OCCSc2ccccc2)cc1. The zero-order valence-corrected chi connectivity index (χ0v) is 13.3. The molecule has 2 aromatic rings. The first-order valence-corrected chi connectivity index (χ1v) is 8.38. The molecule has 1 unspecified atom stereocenters. The monoisotopic (exact) mass is 301 g/mol. The molecule has 3 heteroatoms. The Bertz CT molecular complexity index is 511. The van der Waals surface area contributed by atoms with Gasteiger partial charge in [-0.05, 0) is 49.6 Å². The van der Waals surface area contributed by atoms with E-state index in [0.717, 1.165) is 31.0 Å². The second kappa shape index (κ2) is 8.75. The molecule has 0 fully saturated rings. The van der Waals surface area contributed by atoms with Gasteiger partial charge >= 0.3 is 0 Å². The van der Waals surface area contributed by atoms with Crippen LogP contribution in [-0.2, 0) is 6.42 Å². The van der Waals surface area contributed by atoms with E-state index in [1.54, 1.807) is 0 Å². The molecule has 0 aromatic heterocycles. The minimum atomic E-state index is 0.260. The van der Waals surface area contributed by atoms with E-state index >= 15 is 0 Å². The van der Waals surface area contributed by atoms with Crippen molar-refractivity contribution in [3.63, 3.8) is 0 Å². The number of aryl methyl sites for hydroxylation is 1. The Morgan fingerprint density at radius 2 is 1.76 bits per heavy atom. The fraction of sp³-hybridized carbons (Fsp3) is 0.333. The minimum Gasteiger partial charge on any atom is -0.493 e. The molecule has 0 spiro atoms. The number of rotatable bonds is 8. The maximum Gasteiger partial charge on any atom is 0.119 e. The Hall–Kier alpha value is -1.45. The number of hydrogen-bond acceptors (Lipinski definition) is 3. The van der Waals surface area contributed by atoms with Crippen LogP contribution in [0.5, 0.6) is 5.75 Å². The smallest absolute Gasteiger partial charge is 0.119 e. The van der Waals surface area contributed by atoms with E-state index in [4.69, 9.17) is 10.5 Å². The number of hydrogen-bond donors (Lipinski definition) is 1. The number of benzene rings is 2. The van der Waals surface area contributed by atoms with Gasteiger partial charge < -0.3 is 10.5 Å². The molecule has 0 radical (unpaired) electrons. The molecule has 2 N–H and O–H groups in total. The summed E-state index contributed by atoms with van der Waals surface area (Å²) < 4.78 is 5.76. The zero-order valence-electron chi connectivity index (χ0n) is 12.5. The van der Waals surface area contributed by atoms with Gasteiger partial charge in [0, 0.05) is 16.7 Å². The lowest BCUT2D eigenvalue weighted by Crippen LogP contribution is -2.15. The second-order valence-electron chi connectivity index (χ2n) is 5.17. The van der Waals surface area contributed by atoms with Gasteiger partial charge in [-0.3, -0.25) is 0 Å². The highest BCUT2D eigenvalue weighted by Gasteiger charge is 1.99. The Balaban J connectivity index is 1.69. The molecule has 0 aliphatic heterocycles. The first kappa shape index (κ1) is 15.9. The third-order valence-corrected chi connectivity index (χ3v) is 4.15. The van der Waals surface area contributed by atoms with Crippen molar-refractivity contribution in [2.75, 3.05) is 12.4 Å². The highest BCUT2D eigenvalue weighted by atomic mass is 32.2. The fourth-order valence-electron chi connectivity index (χ4n) is 1.98. The lowest BCUT2D eigenvalue weighted by atomic mass is 10.1. The van der Waals surface area contributed by atoms with Crippen molar-refractivity contribution < 1.29 is 4.74 Å². The normalized spacial score (nSPS) is 12.1. The molecule has 1 atom stereocenters. The second-order valence-corrected chi connectivity index (χ2v) is 6.34. The predicted molar refractivity (Wildman–Crippen MR) is 91.1 cm³/mol. The van der Waals surface area contributed by atoms with Crippen molar-refractivity contribution in [2.24, 2.45) is 5.73 Å². The highest BCUT2D eigenvalue weighted by molar-refractivity contribution is 7.99. The van der Waals surface area contributed by atoms with Gasteiger partial charge in [-0.2, -0.15) is 0 Å². The zero-order chi connectivity index (χ0) is 14.9. The van der Waals surface area contributed by atoms with Crippen LogP contribution in [0.15, 0.2) is 59.5 Å². The summed E-state index contributed by atoms with van der Waals surface area (Å²) in [6, 6.07) is 19.0. The molecule has 2 rings (SSSR count). The van der Waals surface area contributed by atoms with Crippen LogP contribution in [-0.4, -0.2) is 18.4 Å². The first-order chi connectivity index (χ1) is 10.2. The summed E-state index contributed by atoms with van der Waals surface area (Å²) in [6.07, 6.45) is 2.05. The van der Waals surface area contributed by atoms with Crippen LogP contribution in [0.3, 0.4) is 0 Å². The van der Waals surface area contributed by atoms with Gasteiger partial charge in [-0.15, -0.1) is 11.8 Å². The van der Waals surface area contributed by atoms with Gasteiger partial charge in [-0.1, -0.05) is 30.3 Å². The maximum absolute atomic E-state index is 5.77. The van der Waals surface area contributed by atoms with Crippen molar-refractivity contribution in [3.05, 3.63) is 60.2 Å². The van der Waals surface area contributed by atoms with Gasteiger partial charge in [0.15, 0.2) is 0 Å². The largest absolute Gasteiger partial charge is 0.493 e. The quantitative estimate of drug-likeness (QED) is 0.588. The van der Waals surface area contributed by atoms with Gasteiger partial charge in [-0.25, -0.2) is 0 Å². The van der Waals surface area contributed by atoms with Crippen LogP contribution in [0.1, 0.15) is 18.9 Å². The molecule has 0 amide bonds. The van der Waals surface area contributed by atoms with E-state index in [2.05, 4.69) is 36.4 Å². The van der Waals surface area contributed by atoms with E-state index < -0.39 is 0 Å². The molecule has 21 heavy (non-hydrogen) atoms. The summed E-state index contributed by atoms with van der Waals surface area (Å²) in [6.45, 7) is 2.76. The number of nitrogens with two attached hydrogens (primary N) is 1. The number of ether oxygens (including phenoxy) is 1. The van der Waals surface area contributed by atoms with Crippen LogP contribution >= 0.6 is 11.8 Å². The Labute approximate surface area is 131 Å². The predicted octanol–water partition coefficient (Wildman–Crippen LogP) is 4.14. The van der Waals surface area contributed by atoms with Crippen molar-refractivity contribution in [1.82, 2.24) is 0 Å². The minimum absolute atomic E-state index is 0.260. The molecule has 2 nitrogen and oxygen atoms in total.